The lowest BCUT2D eigenvalue weighted by molar-refractivity contribution is -0.153. The van der Waals surface area contributed by atoms with Gasteiger partial charge < -0.3 is 9.84 Å². The Morgan fingerprint density at radius 2 is 1.75 bits per heavy atom. The van der Waals surface area contributed by atoms with Crippen molar-refractivity contribution in [3.8, 4) is 0 Å². The zero-order valence-electron chi connectivity index (χ0n) is 9.86. The smallest absolute Gasteiger partial charge is 0.306 e. The maximum absolute atomic E-state index is 11.2. The van der Waals surface area contributed by atoms with Crippen LogP contribution in [0.4, 0.5) is 0 Å². The lowest BCUT2D eigenvalue weighted by atomic mass is 10.1. The fourth-order valence-corrected chi connectivity index (χ4v) is 0.955. The predicted molar refractivity (Wildman–Crippen MR) is 56.8 cm³/mol. The Kier molecular flexibility index (Phi) is 6.56. The van der Waals surface area contributed by atoms with Gasteiger partial charge >= 0.3 is 5.97 Å². The normalized spacial score (nSPS) is 14.0. The van der Waals surface area contributed by atoms with Crippen LogP contribution in [-0.4, -0.2) is 34.9 Å². The molecule has 0 radical (unpaired) electrons. The molecule has 0 aliphatic heterocycles. The highest BCUT2D eigenvalue weighted by atomic mass is 16.5. The number of ketones is 2. The second-order valence-corrected chi connectivity index (χ2v) is 3.74. The highest BCUT2D eigenvalue weighted by Gasteiger charge is 2.14. The average Bonchev–Trinajstić information content (AvgIpc) is 2.16. The van der Waals surface area contributed by atoms with Gasteiger partial charge in [-0.1, -0.05) is 0 Å². The monoisotopic (exact) mass is 230 g/mol. The number of esters is 1. The largest absolute Gasteiger partial charge is 0.455 e. The summed E-state index contributed by atoms with van der Waals surface area (Å²) in [7, 11) is 0. The summed E-state index contributed by atoms with van der Waals surface area (Å²) < 4.78 is 4.79. The number of rotatable bonds is 7. The molecule has 1 N–H and O–H groups in total. The molecular weight excluding hydrogens is 212 g/mol. The fourth-order valence-electron chi connectivity index (χ4n) is 0.955. The molecule has 92 valence electrons. The van der Waals surface area contributed by atoms with Crippen molar-refractivity contribution in [3.63, 3.8) is 0 Å². The highest BCUT2D eigenvalue weighted by molar-refractivity contribution is 5.84. The van der Waals surface area contributed by atoms with Crippen LogP contribution in [0.25, 0.3) is 0 Å². The van der Waals surface area contributed by atoms with Crippen LogP contribution in [-0.2, 0) is 19.1 Å². The Hall–Kier alpha value is -1.23. The van der Waals surface area contributed by atoms with Crippen LogP contribution in [0.2, 0.25) is 0 Å². The molecular formula is C11H18O5. The van der Waals surface area contributed by atoms with Gasteiger partial charge in [-0.25, -0.2) is 0 Å². The van der Waals surface area contributed by atoms with Crippen LogP contribution in [0.1, 0.15) is 40.0 Å². The number of aliphatic hydroxyl groups excluding tert-OH is 1. The summed E-state index contributed by atoms with van der Waals surface area (Å²) in [4.78, 5) is 32.9. The van der Waals surface area contributed by atoms with Crippen molar-refractivity contribution >= 4 is 17.5 Å². The standard InChI is InChI=1S/C11H18O5/c1-7(12)9(3)16-11(15)6-4-5-10(14)8(2)13/h8-9,13H,4-6H2,1-3H3/t8-,9-/m0/s1. The summed E-state index contributed by atoms with van der Waals surface area (Å²) >= 11 is 0. The van der Waals surface area contributed by atoms with E-state index in [-0.39, 0.29) is 24.4 Å². The number of ether oxygens (including phenoxy) is 1. The number of aliphatic hydroxyl groups is 1. The average molecular weight is 230 g/mol. The van der Waals surface area contributed by atoms with E-state index in [1.165, 1.54) is 20.8 Å². The molecule has 0 fully saturated rings. The zero-order valence-corrected chi connectivity index (χ0v) is 9.86. The molecule has 16 heavy (non-hydrogen) atoms. The fraction of sp³-hybridized carbons (Fsp3) is 0.727. The van der Waals surface area contributed by atoms with E-state index in [1.807, 2.05) is 0 Å². The molecule has 0 saturated heterocycles. The maximum Gasteiger partial charge on any atom is 0.306 e. The van der Waals surface area contributed by atoms with E-state index in [0.29, 0.717) is 6.42 Å². The van der Waals surface area contributed by atoms with Gasteiger partial charge in [-0.15, -0.1) is 0 Å². The molecule has 0 heterocycles. The number of hydrogen-bond donors (Lipinski definition) is 1. The van der Waals surface area contributed by atoms with Crippen molar-refractivity contribution in [3.05, 3.63) is 0 Å². The van der Waals surface area contributed by atoms with Crippen LogP contribution in [0.3, 0.4) is 0 Å². The third-order valence-electron chi connectivity index (χ3n) is 2.15. The van der Waals surface area contributed by atoms with Crippen LogP contribution in [0, 0.1) is 0 Å². The molecule has 0 amide bonds. The third kappa shape index (κ3) is 6.29. The molecule has 0 spiro atoms. The van der Waals surface area contributed by atoms with Gasteiger partial charge in [0, 0.05) is 12.8 Å². The van der Waals surface area contributed by atoms with Crippen LogP contribution < -0.4 is 0 Å². The van der Waals surface area contributed by atoms with E-state index in [1.54, 1.807) is 0 Å². The molecule has 0 aliphatic carbocycles. The molecule has 0 unspecified atom stereocenters. The van der Waals surface area contributed by atoms with E-state index < -0.39 is 18.2 Å². The van der Waals surface area contributed by atoms with Gasteiger partial charge in [-0.05, 0) is 27.2 Å². The molecule has 0 rings (SSSR count). The summed E-state index contributed by atoms with van der Waals surface area (Å²) in [6.45, 7) is 4.23. The second-order valence-electron chi connectivity index (χ2n) is 3.74. The molecule has 5 nitrogen and oxygen atoms in total. The van der Waals surface area contributed by atoms with E-state index in [9.17, 15) is 14.4 Å². The van der Waals surface area contributed by atoms with E-state index in [0.717, 1.165) is 0 Å². The van der Waals surface area contributed by atoms with Crippen molar-refractivity contribution in [2.75, 3.05) is 0 Å². The first-order valence-electron chi connectivity index (χ1n) is 5.25. The lowest BCUT2D eigenvalue weighted by Crippen LogP contribution is -2.22. The summed E-state index contributed by atoms with van der Waals surface area (Å²) in [6.07, 6.45) is -1.18. The first-order valence-corrected chi connectivity index (χ1v) is 5.25. The molecule has 0 aromatic carbocycles. The Balaban J connectivity index is 3.75. The molecule has 0 saturated carbocycles. The van der Waals surface area contributed by atoms with Crippen molar-refractivity contribution in [2.45, 2.75) is 52.2 Å². The Labute approximate surface area is 94.8 Å². The highest BCUT2D eigenvalue weighted by Crippen LogP contribution is 2.03. The van der Waals surface area contributed by atoms with Crippen molar-refractivity contribution in [1.82, 2.24) is 0 Å². The van der Waals surface area contributed by atoms with E-state index in [4.69, 9.17) is 9.84 Å². The minimum atomic E-state index is -0.993. The number of carbonyl (C=O) groups is 3. The van der Waals surface area contributed by atoms with Gasteiger partial charge in [0.2, 0.25) is 0 Å². The summed E-state index contributed by atoms with van der Waals surface area (Å²) in [5.74, 6) is -1.01. The van der Waals surface area contributed by atoms with Gasteiger partial charge in [0.25, 0.3) is 0 Å². The van der Waals surface area contributed by atoms with Gasteiger partial charge in [-0.2, -0.15) is 0 Å². The van der Waals surface area contributed by atoms with Gasteiger partial charge in [-0.3, -0.25) is 14.4 Å². The second kappa shape index (κ2) is 7.11. The molecule has 0 bridgehead atoms. The first kappa shape index (κ1) is 14.8. The van der Waals surface area contributed by atoms with Crippen molar-refractivity contribution in [2.24, 2.45) is 0 Å². The van der Waals surface area contributed by atoms with E-state index >= 15 is 0 Å². The molecule has 5 heteroatoms. The van der Waals surface area contributed by atoms with E-state index in [2.05, 4.69) is 0 Å². The Morgan fingerprint density at radius 1 is 1.19 bits per heavy atom. The minimum Gasteiger partial charge on any atom is -0.455 e. The van der Waals surface area contributed by atoms with Gasteiger partial charge in [0.05, 0.1) is 0 Å². The molecule has 0 aliphatic rings. The number of carbonyl (C=O) groups excluding carboxylic acids is 3. The lowest BCUT2D eigenvalue weighted by Gasteiger charge is -2.09. The Bertz CT molecular complexity index is 270. The minimum absolute atomic E-state index is 0.0794. The van der Waals surface area contributed by atoms with Gasteiger partial charge in [0.15, 0.2) is 17.7 Å². The quantitative estimate of drug-likeness (QED) is 0.649. The van der Waals surface area contributed by atoms with Crippen LogP contribution in [0.5, 0.6) is 0 Å². The Morgan fingerprint density at radius 3 is 2.19 bits per heavy atom. The topological polar surface area (TPSA) is 80.7 Å². The summed E-state index contributed by atoms with van der Waals surface area (Å²) in [5.41, 5.74) is 0. The summed E-state index contributed by atoms with van der Waals surface area (Å²) in [5, 5.41) is 8.89. The van der Waals surface area contributed by atoms with Crippen LogP contribution in [0.15, 0.2) is 0 Å². The molecule has 2 atom stereocenters. The first-order chi connectivity index (χ1) is 7.34. The van der Waals surface area contributed by atoms with Crippen molar-refractivity contribution in [1.29, 1.82) is 0 Å². The van der Waals surface area contributed by atoms with Crippen molar-refractivity contribution < 1.29 is 24.2 Å². The number of Topliss-reactive ketones (excluding diaryl/α,β-unsaturated/α-hetero) is 2. The third-order valence-corrected chi connectivity index (χ3v) is 2.15. The molecule has 0 aromatic rings. The van der Waals surface area contributed by atoms with Gasteiger partial charge in [0.1, 0.15) is 6.10 Å². The summed E-state index contributed by atoms with van der Waals surface area (Å²) in [6, 6.07) is 0. The molecule has 0 aromatic heterocycles. The SMILES string of the molecule is CC(=O)[C@H](C)OC(=O)CCCC(=O)[C@H](C)O. The zero-order chi connectivity index (χ0) is 12.7. The van der Waals surface area contributed by atoms with Crippen LogP contribution >= 0.6 is 0 Å². The predicted octanol–water partition coefficient (Wildman–Crippen LogP) is 0.627. The number of hydrogen-bond acceptors (Lipinski definition) is 5. The maximum atomic E-state index is 11.2.